The van der Waals surface area contributed by atoms with E-state index in [0.29, 0.717) is 18.7 Å². The number of carbonyl (C=O) groups is 1. The van der Waals surface area contributed by atoms with Crippen LogP contribution in [0.25, 0.3) is 0 Å². The summed E-state index contributed by atoms with van der Waals surface area (Å²) in [4.78, 5) is 19.5. The summed E-state index contributed by atoms with van der Waals surface area (Å²) in [7, 11) is 0. The zero-order valence-electron chi connectivity index (χ0n) is 20.5. The van der Waals surface area contributed by atoms with E-state index in [2.05, 4.69) is 56.1 Å². The Morgan fingerprint density at radius 2 is 1.63 bits per heavy atom. The molecule has 184 valence electrons. The molecule has 0 bridgehead atoms. The van der Waals surface area contributed by atoms with E-state index in [1.807, 2.05) is 55.1 Å². The molecule has 35 heavy (non-hydrogen) atoms. The minimum absolute atomic E-state index is 0.0563. The Kier molecular flexibility index (Phi) is 8.47. The van der Waals surface area contributed by atoms with Crippen molar-refractivity contribution in [2.45, 2.75) is 39.3 Å². The van der Waals surface area contributed by atoms with E-state index in [1.165, 1.54) is 5.56 Å². The van der Waals surface area contributed by atoms with Gasteiger partial charge in [0.1, 0.15) is 5.75 Å². The van der Waals surface area contributed by atoms with Crippen molar-refractivity contribution in [2.75, 3.05) is 31.1 Å². The zero-order chi connectivity index (χ0) is 24.8. The number of nitrogens with zero attached hydrogens (tertiary/aromatic N) is 3. The minimum atomic E-state index is 0.0563. The monoisotopic (exact) mass is 535 g/mol. The minimum Gasteiger partial charge on any atom is -0.508 e. The maximum Gasteiger partial charge on any atom is 0.253 e. The molecule has 1 fully saturated rings. The molecule has 0 aliphatic carbocycles. The Bertz CT molecular complexity index is 1110. The second-order valence-corrected chi connectivity index (χ2v) is 9.88. The molecule has 1 heterocycles. The molecule has 0 unspecified atom stereocenters. The van der Waals surface area contributed by atoms with Gasteiger partial charge in [-0.15, -0.1) is 0 Å². The lowest BCUT2D eigenvalue weighted by Crippen LogP contribution is -2.43. The third-order valence-electron chi connectivity index (χ3n) is 6.80. The molecule has 4 rings (SSSR count). The molecule has 0 atom stereocenters. The average molecular weight is 537 g/mol. The number of phenols is 1. The van der Waals surface area contributed by atoms with Crippen molar-refractivity contribution in [3.8, 4) is 5.75 Å². The third kappa shape index (κ3) is 6.06. The predicted octanol–water partition coefficient (Wildman–Crippen LogP) is 6.44. The van der Waals surface area contributed by atoms with Gasteiger partial charge in [-0.3, -0.25) is 9.69 Å². The topological polar surface area (TPSA) is 47.0 Å². The van der Waals surface area contributed by atoms with Crippen molar-refractivity contribution in [3.05, 3.63) is 88.4 Å². The number of amides is 1. The average Bonchev–Trinajstić information content (AvgIpc) is 2.89. The fourth-order valence-corrected chi connectivity index (χ4v) is 5.31. The summed E-state index contributed by atoms with van der Waals surface area (Å²) in [5, 5.41) is 10.3. The molecular weight excluding hydrogens is 502 g/mol. The Morgan fingerprint density at radius 1 is 0.971 bits per heavy atom. The van der Waals surface area contributed by atoms with E-state index in [9.17, 15) is 9.90 Å². The number of rotatable bonds is 8. The Labute approximate surface area is 217 Å². The second-order valence-electron chi connectivity index (χ2n) is 9.02. The molecule has 6 heteroatoms. The third-order valence-corrected chi connectivity index (χ3v) is 7.47. The van der Waals surface area contributed by atoms with Crippen molar-refractivity contribution in [3.63, 3.8) is 0 Å². The highest BCUT2D eigenvalue weighted by Crippen LogP contribution is 2.39. The quantitative estimate of drug-likeness (QED) is 0.360. The molecule has 5 nitrogen and oxygen atoms in total. The number of likely N-dealkylation sites (tertiary alicyclic amines) is 1. The van der Waals surface area contributed by atoms with Crippen LogP contribution in [-0.4, -0.2) is 53.0 Å². The summed E-state index contributed by atoms with van der Waals surface area (Å²) >= 11 is 3.70. The first kappa shape index (κ1) is 25.3. The molecule has 1 aliphatic heterocycles. The largest absolute Gasteiger partial charge is 0.508 e. The number of halogens is 1. The number of carbonyl (C=O) groups excluding carboxylic acids is 1. The Balaban J connectivity index is 1.57. The number of hydrogen-bond donors (Lipinski definition) is 1. The normalized spacial score (nSPS) is 14.6. The van der Waals surface area contributed by atoms with Gasteiger partial charge in [0.15, 0.2) is 0 Å². The van der Waals surface area contributed by atoms with E-state index < -0.39 is 0 Å². The van der Waals surface area contributed by atoms with Crippen LogP contribution in [0.3, 0.4) is 0 Å². The van der Waals surface area contributed by atoms with Gasteiger partial charge in [-0.2, -0.15) is 0 Å². The number of piperidine rings is 1. The Hall–Kier alpha value is -2.83. The smallest absolute Gasteiger partial charge is 0.253 e. The molecule has 0 saturated carbocycles. The molecular formula is C29H34BrN3O2. The number of aromatic hydroxyl groups is 1. The highest BCUT2D eigenvalue weighted by atomic mass is 79.9. The molecule has 1 saturated heterocycles. The first-order valence-corrected chi connectivity index (χ1v) is 13.2. The van der Waals surface area contributed by atoms with E-state index in [4.69, 9.17) is 0 Å². The van der Waals surface area contributed by atoms with Crippen molar-refractivity contribution in [1.29, 1.82) is 0 Å². The van der Waals surface area contributed by atoms with Crippen LogP contribution in [-0.2, 0) is 6.54 Å². The van der Waals surface area contributed by atoms with E-state index >= 15 is 0 Å². The zero-order valence-corrected chi connectivity index (χ0v) is 22.1. The maximum atomic E-state index is 12.8. The van der Waals surface area contributed by atoms with Crippen LogP contribution in [0.15, 0.2) is 77.3 Å². The highest BCUT2D eigenvalue weighted by Gasteiger charge is 2.28. The highest BCUT2D eigenvalue weighted by molar-refractivity contribution is 9.10. The Morgan fingerprint density at radius 3 is 2.26 bits per heavy atom. The standard InChI is InChI=1S/C29H34BrN3O2/c1-3-32(4-2)29(35)23-10-12-24(13-11-23)33(28-20-26(34)14-15-27(28)30)25-16-18-31(19-17-25)21-22-8-6-5-7-9-22/h5-15,20,25,34H,3-4,16-19,21H2,1-2H3. The van der Waals surface area contributed by atoms with Gasteiger partial charge in [-0.1, -0.05) is 30.3 Å². The van der Waals surface area contributed by atoms with Gasteiger partial charge >= 0.3 is 0 Å². The van der Waals surface area contributed by atoms with Crippen LogP contribution in [0, 0.1) is 0 Å². The lowest BCUT2D eigenvalue weighted by atomic mass is 10.00. The maximum absolute atomic E-state index is 12.8. The first-order chi connectivity index (χ1) is 17.0. The van der Waals surface area contributed by atoms with Gasteiger partial charge in [-0.05, 0) is 84.6 Å². The van der Waals surface area contributed by atoms with Crippen LogP contribution < -0.4 is 4.90 Å². The fourth-order valence-electron chi connectivity index (χ4n) is 4.87. The number of phenolic OH excluding ortho intramolecular Hbond substituents is 1. The van der Waals surface area contributed by atoms with Gasteiger partial charge in [0.2, 0.25) is 0 Å². The fraction of sp³-hybridized carbons (Fsp3) is 0.345. The predicted molar refractivity (Wildman–Crippen MR) is 146 cm³/mol. The summed E-state index contributed by atoms with van der Waals surface area (Å²) in [6, 6.07) is 24.2. The summed E-state index contributed by atoms with van der Waals surface area (Å²) in [5.41, 5.74) is 4.00. The van der Waals surface area contributed by atoms with Crippen molar-refractivity contribution in [2.24, 2.45) is 0 Å². The lowest BCUT2D eigenvalue weighted by molar-refractivity contribution is 0.0773. The van der Waals surface area contributed by atoms with Gasteiger partial charge in [0, 0.05) is 60.6 Å². The molecule has 1 amide bonds. The van der Waals surface area contributed by atoms with Crippen LogP contribution in [0.2, 0.25) is 0 Å². The van der Waals surface area contributed by atoms with Gasteiger partial charge in [-0.25, -0.2) is 0 Å². The van der Waals surface area contributed by atoms with Crippen LogP contribution in [0.5, 0.6) is 5.75 Å². The van der Waals surface area contributed by atoms with E-state index in [1.54, 1.807) is 6.07 Å². The van der Waals surface area contributed by atoms with Gasteiger partial charge < -0.3 is 14.9 Å². The van der Waals surface area contributed by atoms with Crippen molar-refractivity contribution < 1.29 is 9.90 Å². The van der Waals surface area contributed by atoms with Gasteiger partial charge in [0.25, 0.3) is 5.91 Å². The molecule has 3 aromatic rings. The summed E-state index contributed by atoms with van der Waals surface area (Å²) in [6.45, 7) is 8.37. The van der Waals surface area contributed by atoms with Crippen LogP contribution >= 0.6 is 15.9 Å². The van der Waals surface area contributed by atoms with Gasteiger partial charge in [0.05, 0.1) is 5.69 Å². The number of benzene rings is 3. The molecule has 1 aliphatic rings. The van der Waals surface area contributed by atoms with Crippen molar-refractivity contribution >= 4 is 33.2 Å². The molecule has 3 aromatic carbocycles. The van der Waals surface area contributed by atoms with E-state index in [-0.39, 0.29) is 17.7 Å². The van der Waals surface area contributed by atoms with Crippen LogP contribution in [0.1, 0.15) is 42.6 Å². The second kappa shape index (κ2) is 11.7. The molecule has 0 spiro atoms. The summed E-state index contributed by atoms with van der Waals surface area (Å²) in [5.74, 6) is 0.295. The SMILES string of the molecule is CCN(CC)C(=O)c1ccc(N(c2cc(O)ccc2Br)C2CCN(Cc3ccccc3)CC2)cc1. The first-order valence-electron chi connectivity index (χ1n) is 12.4. The number of hydrogen-bond acceptors (Lipinski definition) is 4. The molecule has 1 N–H and O–H groups in total. The summed E-state index contributed by atoms with van der Waals surface area (Å²) in [6.07, 6.45) is 2.02. The molecule has 0 aromatic heterocycles. The van der Waals surface area contributed by atoms with E-state index in [0.717, 1.165) is 48.3 Å². The number of anilines is 2. The van der Waals surface area contributed by atoms with Crippen LogP contribution in [0.4, 0.5) is 11.4 Å². The summed E-state index contributed by atoms with van der Waals surface area (Å²) < 4.78 is 0.935. The van der Waals surface area contributed by atoms with Crippen molar-refractivity contribution in [1.82, 2.24) is 9.80 Å². The lowest BCUT2D eigenvalue weighted by Gasteiger charge is -2.40. The molecule has 0 radical (unpaired) electrons.